The Balaban J connectivity index is 2.29. The zero-order valence-electron chi connectivity index (χ0n) is 40.9. The first-order valence-corrected chi connectivity index (χ1v) is 26.0. The summed E-state index contributed by atoms with van der Waals surface area (Å²) in [5, 5.41) is 8.95. The molecule has 1 saturated carbocycles. The molecule has 0 spiro atoms. The third kappa shape index (κ3) is 30.6. The van der Waals surface area contributed by atoms with E-state index in [4.69, 9.17) is 19.3 Å². The first-order chi connectivity index (χ1) is 29.2. The van der Waals surface area contributed by atoms with E-state index in [1.54, 1.807) is 0 Å². The van der Waals surface area contributed by atoms with Crippen LogP contribution in [0.3, 0.4) is 0 Å². The maximum atomic E-state index is 12.9. The summed E-state index contributed by atoms with van der Waals surface area (Å²) < 4.78 is 17.4. The predicted molar refractivity (Wildman–Crippen MR) is 254 cm³/mol. The summed E-state index contributed by atoms with van der Waals surface area (Å²) in [4.78, 5) is 27.3. The number of rotatable bonds is 44. The number of allylic oxidation sites excluding steroid dienone is 2. The Kier molecular flexibility index (Phi) is 36.9. The number of hydrogen-bond acceptors (Lipinski definition) is 7. The highest BCUT2D eigenvalue weighted by Gasteiger charge is 2.50. The molecule has 1 aliphatic rings. The molecule has 1 aliphatic carbocycles. The van der Waals surface area contributed by atoms with Crippen LogP contribution in [0.2, 0.25) is 0 Å². The van der Waals surface area contributed by atoms with E-state index in [1.165, 1.54) is 141 Å². The molecule has 7 heteroatoms. The average Bonchev–Trinajstić information content (AvgIpc) is 3.93. The molecule has 7 atom stereocenters. The van der Waals surface area contributed by atoms with Gasteiger partial charge in [-0.2, -0.15) is 0 Å². The summed E-state index contributed by atoms with van der Waals surface area (Å²) in [5.74, 6) is 3.72. The summed E-state index contributed by atoms with van der Waals surface area (Å²) in [6.45, 7) is 13.7. The third-order valence-electron chi connectivity index (χ3n) is 13.5. The molecular weight excluding hydrogens is 747 g/mol. The SMILES string of the molecule is CC/C=C\CC(COC(=O)CCCN(C)C)C(CC)CC(=O)OCC(C)OCCCCCCCCC1C(CCCCCCCC)C1C(C)CCCCCCCCCCCO. The molecule has 0 aromatic heterocycles. The van der Waals surface area contributed by atoms with E-state index in [9.17, 15) is 9.59 Å². The second-order valence-corrected chi connectivity index (χ2v) is 19.2. The lowest BCUT2D eigenvalue weighted by molar-refractivity contribution is -0.150. The molecule has 0 heterocycles. The summed E-state index contributed by atoms with van der Waals surface area (Å²) in [5.41, 5.74) is 0. The lowest BCUT2D eigenvalue weighted by Gasteiger charge is -2.25. The molecule has 0 bridgehead atoms. The third-order valence-corrected chi connectivity index (χ3v) is 13.5. The molecule has 354 valence electrons. The van der Waals surface area contributed by atoms with Crippen LogP contribution in [-0.4, -0.2) is 75.1 Å². The van der Waals surface area contributed by atoms with Gasteiger partial charge in [-0.3, -0.25) is 9.59 Å². The fourth-order valence-electron chi connectivity index (χ4n) is 9.60. The number of unbranched alkanes of at least 4 members (excludes halogenated alkanes) is 18. The topological polar surface area (TPSA) is 85.3 Å². The number of aliphatic hydroxyl groups is 1. The minimum absolute atomic E-state index is 0.0949. The van der Waals surface area contributed by atoms with Crippen LogP contribution >= 0.6 is 0 Å². The van der Waals surface area contributed by atoms with Gasteiger partial charge in [0.15, 0.2) is 0 Å². The van der Waals surface area contributed by atoms with Gasteiger partial charge < -0.3 is 24.2 Å². The molecule has 0 radical (unpaired) electrons. The minimum atomic E-state index is -0.191. The Morgan fingerprint density at radius 2 is 1.18 bits per heavy atom. The van der Waals surface area contributed by atoms with Crippen LogP contribution in [0.4, 0.5) is 0 Å². The van der Waals surface area contributed by atoms with Crippen molar-refractivity contribution in [2.24, 2.45) is 35.5 Å². The summed E-state index contributed by atoms with van der Waals surface area (Å²) >= 11 is 0. The molecule has 0 aromatic carbocycles. The Labute approximate surface area is 372 Å². The van der Waals surface area contributed by atoms with Crippen LogP contribution in [0.5, 0.6) is 0 Å². The molecule has 7 nitrogen and oxygen atoms in total. The molecule has 7 unspecified atom stereocenters. The molecule has 60 heavy (non-hydrogen) atoms. The van der Waals surface area contributed by atoms with Crippen molar-refractivity contribution in [2.75, 3.05) is 47.1 Å². The summed E-state index contributed by atoms with van der Waals surface area (Å²) in [6.07, 6.45) is 40.6. The van der Waals surface area contributed by atoms with Crippen LogP contribution in [-0.2, 0) is 23.8 Å². The maximum Gasteiger partial charge on any atom is 0.306 e. The fraction of sp³-hybridized carbons (Fsp3) is 0.925. The molecule has 1 fully saturated rings. The summed E-state index contributed by atoms with van der Waals surface area (Å²) in [6, 6.07) is 0. The average molecular weight is 848 g/mol. The van der Waals surface area contributed by atoms with Gasteiger partial charge in [-0.05, 0) is 108 Å². The van der Waals surface area contributed by atoms with E-state index in [-0.39, 0.29) is 36.5 Å². The van der Waals surface area contributed by atoms with E-state index in [1.807, 2.05) is 21.0 Å². The quantitative estimate of drug-likeness (QED) is 0.0371. The van der Waals surface area contributed by atoms with Gasteiger partial charge in [-0.25, -0.2) is 0 Å². The van der Waals surface area contributed by atoms with E-state index in [0.717, 1.165) is 75.3 Å². The lowest BCUT2D eigenvalue weighted by Crippen LogP contribution is -2.26. The normalized spacial score (nSPS) is 18.5. The van der Waals surface area contributed by atoms with Gasteiger partial charge in [-0.1, -0.05) is 175 Å². The first kappa shape index (κ1) is 56.6. The van der Waals surface area contributed by atoms with Crippen molar-refractivity contribution in [1.82, 2.24) is 4.90 Å². The van der Waals surface area contributed by atoms with Crippen LogP contribution in [0.1, 0.15) is 227 Å². The molecule has 0 aliphatic heterocycles. The molecule has 0 saturated heterocycles. The van der Waals surface area contributed by atoms with Crippen LogP contribution in [0.15, 0.2) is 12.2 Å². The molecule has 0 amide bonds. The summed E-state index contributed by atoms with van der Waals surface area (Å²) in [7, 11) is 4.01. The van der Waals surface area contributed by atoms with Crippen molar-refractivity contribution < 1.29 is 28.9 Å². The van der Waals surface area contributed by atoms with Crippen LogP contribution in [0, 0.1) is 35.5 Å². The number of carbonyl (C=O) groups is 2. The molecule has 1 N–H and O–H groups in total. The van der Waals surface area contributed by atoms with Gasteiger partial charge >= 0.3 is 11.9 Å². The number of aliphatic hydroxyl groups excluding tert-OH is 1. The predicted octanol–water partition coefficient (Wildman–Crippen LogP) is 14.1. The van der Waals surface area contributed by atoms with Gasteiger partial charge in [0.05, 0.1) is 12.7 Å². The highest BCUT2D eigenvalue weighted by Crippen LogP contribution is 2.57. The zero-order valence-corrected chi connectivity index (χ0v) is 40.9. The van der Waals surface area contributed by atoms with Crippen molar-refractivity contribution in [3.63, 3.8) is 0 Å². The Hall–Kier alpha value is -1.44. The zero-order chi connectivity index (χ0) is 44.1. The highest BCUT2D eigenvalue weighted by molar-refractivity contribution is 5.70. The second-order valence-electron chi connectivity index (χ2n) is 19.2. The number of nitrogens with zero attached hydrogens (tertiary/aromatic N) is 1. The smallest absolute Gasteiger partial charge is 0.306 e. The first-order valence-electron chi connectivity index (χ1n) is 26.0. The second kappa shape index (κ2) is 39.2. The molecule has 0 aromatic rings. The molecule has 1 rings (SSSR count). The lowest BCUT2D eigenvalue weighted by atomic mass is 9.85. The van der Waals surface area contributed by atoms with Gasteiger partial charge in [-0.15, -0.1) is 0 Å². The van der Waals surface area contributed by atoms with E-state index < -0.39 is 0 Å². The number of ether oxygens (including phenoxy) is 3. The van der Waals surface area contributed by atoms with Crippen LogP contribution in [0.25, 0.3) is 0 Å². The van der Waals surface area contributed by atoms with Crippen molar-refractivity contribution >= 4 is 11.9 Å². The minimum Gasteiger partial charge on any atom is -0.465 e. The van der Waals surface area contributed by atoms with E-state index in [0.29, 0.717) is 26.1 Å². The number of hydrogen-bond donors (Lipinski definition) is 1. The van der Waals surface area contributed by atoms with Crippen molar-refractivity contribution in [3.05, 3.63) is 12.2 Å². The standard InChI is InChI=1S/C53H101NO6/c1-8-11-13-14-23-29-36-49-50(53(49)45(4)34-28-22-18-16-15-17-20-25-31-40-55)37-30-24-19-21-26-32-41-58-46(5)43-59-52(57)42-47(10-3)48(35-27-12-9-2)44-60-51(56)38-33-39-54(6)7/h12,27,45-50,53,55H,8-11,13-26,28-44H2,1-7H3/b27-12-. The Morgan fingerprint density at radius 1 is 0.633 bits per heavy atom. The number of esters is 2. The monoisotopic (exact) mass is 848 g/mol. The largest absolute Gasteiger partial charge is 0.465 e. The van der Waals surface area contributed by atoms with Gasteiger partial charge in [0.1, 0.15) is 6.61 Å². The van der Waals surface area contributed by atoms with E-state index in [2.05, 4.69) is 44.7 Å². The Morgan fingerprint density at radius 3 is 1.75 bits per heavy atom. The maximum absolute atomic E-state index is 12.9. The van der Waals surface area contributed by atoms with Crippen molar-refractivity contribution in [2.45, 2.75) is 233 Å². The van der Waals surface area contributed by atoms with Crippen LogP contribution < -0.4 is 0 Å². The number of carbonyl (C=O) groups excluding carboxylic acids is 2. The van der Waals surface area contributed by atoms with E-state index >= 15 is 0 Å². The van der Waals surface area contributed by atoms with Crippen molar-refractivity contribution in [1.29, 1.82) is 0 Å². The fourth-order valence-corrected chi connectivity index (χ4v) is 9.60. The Bertz CT molecular complexity index is 1020. The van der Waals surface area contributed by atoms with Gasteiger partial charge in [0, 0.05) is 26.1 Å². The van der Waals surface area contributed by atoms with Gasteiger partial charge in [0.25, 0.3) is 0 Å². The van der Waals surface area contributed by atoms with Gasteiger partial charge in [0.2, 0.25) is 0 Å². The molecular formula is C53H101NO6. The highest BCUT2D eigenvalue weighted by atomic mass is 16.6. The van der Waals surface area contributed by atoms with Crippen molar-refractivity contribution in [3.8, 4) is 0 Å².